The number of nitrogens with zero attached hydrogens (tertiary/aromatic N) is 2. The minimum Gasteiger partial charge on any atom is -0.468 e. The standard InChI is InChI=1S/C25H28N4O2.ClH/c1-29(2)19-6-3-7-20(16-19)31-21-9-10-23-24(11-14-28-25(23)17-21)27-13-5-12-26-18-22-8-4-15-30-22;/h3-4,6-11,14-17,26H,5,12-13,18H2,1-2H3,(H,27,28);1H. The molecule has 0 unspecified atom stereocenters. The fourth-order valence-electron chi connectivity index (χ4n) is 3.37. The van der Waals surface area contributed by atoms with E-state index in [4.69, 9.17) is 9.15 Å². The van der Waals surface area contributed by atoms with Gasteiger partial charge in [-0.05, 0) is 55.4 Å². The van der Waals surface area contributed by atoms with E-state index < -0.39 is 0 Å². The maximum Gasteiger partial charge on any atom is 0.129 e. The van der Waals surface area contributed by atoms with Crippen molar-refractivity contribution in [3.05, 3.63) is 78.9 Å². The highest BCUT2D eigenvalue weighted by Crippen LogP contribution is 2.29. The van der Waals surface area contributed by atoms with Crippen molar-refractivity contribution in [2.45, 2.75) is 13.0 Å². The number of benzene rings is 2. The number of pyridine rings is 1. The summed E-state index contributed by atoms with van der Waals surface area (Å²) in [6, 6.07) is 20.0. The smallest absolute Gasteiger partial charge is 0.129 e. The first kappa shape index (κ1) is 23.4. The molecule has 0 atom stereocenters. The lowest BCUT2D eigenvalue weighted by atomic mass is 10.1. The minimum atomic E-state index is 0. The highest BCUT2D eigenvalue weighted by atomic mass is 35.5. The predicted molar refractivity (Wildman–Crippen MR) is 133 cm³/mol. The molecule has 2 heterocycles. The van der Waals surface area contributed by atoms with E-state index in [0.29, 0.717) is 0 Å². The van der Waals surface area contributed by atoms with E-state index in [9.17, 15) is 0 Å². The molecule has 0 amide bonds. The monoisotopic (exact) mass is 452 g/mol. The summed E-state index contributed by atoms with van der Waals surface area (Å²) in [5.74, 6) is 2.54. The van der Waals surface area contributed by atoms with Crippen molar-refractivity contribution >= 4 is 34.7 Å². The van der Waals surface area contributed by atoms with E-state index in [2.05, 4.69) is 32.7 Å². The SMILES string of the molecule is CN(C)c1cccc(Oc2ccc3c(NCCCNCc4ccco4)ccnc3c2)c1.Cl. The van der Waals surface area contributed by atoms with Crippen LogP contribution in [-0.2, 0) is 6.54 Å². The lowest BCUT2D eigenvalue weighted by Crippen LogP contribution is -2.17. The van der Waals surface area contributed by atoms with Crippen LogP contribution in [0.4, 0.5) is 11.4 Å². The van der Waals surface area contributed by atoms with Crippen LogP contribution >= 0.6 is 12.4 Å². The third kappa shape index (κ3) is 6.15. The van der Waals surface area contributed by atoms with Gasteiger partial charge in [0.05, 0.1) is 18.3 Å². The second kappa shape index (κ2) is 11.4. The van der Waals surface area contributed by atoms with Crippen molar-refractivity contribution in [1.29, 1.82) is 0 Å². The summed E-state index contributed by atoms with van der Waals surface area (Å²) >= 11 is 0. The van der Waals surface area contributed by atoms with Crippen molar-refractivity contribution in [3.63, 3.8) is 0 Å². The molecule has 6 nitrogen and oxygen atoms in total. The lowest BCUT2D eigenvalue weighted by molar-refractivity contribution is 0.482. The van der Waals surface area contributed by atoms with E-state index in [1.54, 1.807) is 6.26 Å². The summed E-state index contributed by atoms with van der Waals surface area (Å²) in [6.07, 6.45) is 4.54. The fourth-order valence-corrected chi connectivity index (χ4v) is 3.37. The third-order valence-corrected chi connectivity index (χ3v) is 5.01. The van der Waals surface area contributed by atoms with E-state index in [-0.39, 0.29) is 12.4 Å². The zero-order valence-electron chi connectivity index (χ0n) is 18.4. The maximum atomic E-state index is 6.07. The van der Waals surface area contributed by atoms with E-state index in [1.807, 2.05) is 68.8 Å². The molecule has 32 heavy (non-hydrogen) atoms. The molecule has 0 spiro atoms. The topological polar surface area (TPSA) is 62.6 Å². The van der Waals surface area contributed by atoms with Gasteiger partial charge in [0, 0.05) is 55.7 Å². The average Bonchev–Trinajstić information content (AvgIpc) is 3.30. The third-order valence-electron chi connectivity index (χ3n) is 5.01. The number of furan rings is 1. The van der Waals surface area contributed by atoms with Crippen LogP contribution in [-0.4, -0.2) is 32.2 Å². The number of rotatable bonds is 10. The van der Waals surface area contributed by atoms with Crippen LogP contribution in [0.5, 0.6) is 11.5 Å². The van der Waals surface area contributed by atoms with Gasteiger partial charge in [-0.15, -0.1) is 12.4 Å². The Bertz CT molecular complexity index is 1120. The van der Waals surface area contributed by atoms with Crippen LogP contribution in [0.3, 0.4) is 0 Å². The quantitative estimate of drug-likeness (QED) is 0.301. The second-order valence-corrected chi connectivity index (χ2v) is 7.57. The van der Waals surface area contributed by atoms with Gasteiger partial charge in [0.15, 0.2) is 0 Å². The molecule has 0 saturated heterocycles. The number of fused-ring (bicyclic) bond motifs is 1. The Morgan fingerprint density at radius 1 is 0.969 bits per heavy atom. The molecule has 2 N–H and O–H groups in total. The zero-order chi connectivity index (χ0) is 21.5. The molecule has 0 bridgehead atoms. The Morgan fingerprint density at radius 2 is 1.84 bits per heavy atom. The molecule has 2 aromatic heterocycles. The number of nitrogens with one attached hydrogen (secondary N) is 2. The number of aromatic nitrogens is 1. The molecule has 0 aliphatic rings. The zero-order valence-corrected chi connectivity index (χ0v) is 19.2. The number of hydrogen-bond donors (Lipinski definition) is 2. The summed E-state index contributed by atoms with van der Waals surface area (Å²) < 4.78 is 11.4. The van der Waals surface area contributed by atoms with Crippen LogP contribution < -0.4 is 20.3 Å². The number of anilines is 2. The summed E-state index contributed by atoms with van der Waals surface area (Å²) in [7, 11) is 4.03. The number of halogens is 1. The molecule has 2 aromatic carbocycles. The Kier molecular flexibility index (Phi) is 8.36. The molecule has 0 aliphatic heterocycles. The first-order valence-electron chi connectivity index (χ1n) is 10.5. The molecular formula is C25H29ClN4O2. The first-order chi connectivity index (χ1) is 15.2. The average molecular weight is 453 g/mol. The number of ether oxygens (including phenoxy) is 1. The van der Waals surface area contributed by atoms with Gasteiger partial charge in [-0.2, -0.15) is 0 Å². The van der Waals surface area contributed by atoms with Crippen LogP contribution in [0.1, 0.15) is 12.2 Å². The lowest BCUT2D eigenvalue weighted by Gasteiger charge is -2.14. The first-order valence-corrected chi connectivity index (χ1v) is 10.5. The molecule has 168 valence electrons. The molecular weight excluding hydrogens is 424 g/mol. The normalized spacial score (nSPS) is 10.6. The molecule has 0 radical (unpaired) electrons. The Balaban J connectivity index is 0.00000289. The van der Waals surface area contributed by atoms with Crippen molar-refractivity contribution in [2.24, 2.45) is 0 Å². The van der Waals surface area contributed by atoms with Gasteiger partial charge < -0.3 is 24.7 Å². The van der Waals surface area contributed by atoms with E-state index in [0.717, 1.165) is 65.6 Å². The maximum absolute atomic E-state index is 6.07. The molecule has 4 aromatic rings. The minimum absolute atomic E-state index is 0. The van der Waals surface area contributed by atoms with Crippen LogP contribution in [0.25, 0.3) is 10.9 Å². The molecule has 4 rings (SSSR count). The summed E-state index contributed by atoms with van der Waals surface area (Å²) in [6.45, 7) is 2.55. The second-order valence-electron chi connectivity index (χ2n) is 7.57. The number of hydrogen-bond acceptors (Lipinski definition) is 6. The summed E-state index contributed by atoms with van der Waals surface area (Å²) in [5, 5.41) is 7.99. The predicted octanol–water partition coefficient (Wildman–Crippen LogP) is 5.70. The fraction of sp³-hybridized carbons (Fsp3) is 0.240. The van der Waals surface area contributed by atoms with Gasteiger partial charge in [0.25, 0.3) is 0 Å². The van der Waals surface area contributed by atoms with Crippen LogP contribution in [0.2, 0.25) is 0 Å². The van der Waals surface area contributed by atoms with E-state index in [1.165, 1.54) is 0 Å². The molecule has 7 heteroatoms. The van der Waals surface area contributed by atoms with Crippen molar-refractivity contribution in [3.8, 4) is 11.5 Å². The van der Waals surface area contributed by atoms with Crippen LogP contribution in [0, 0.1) is 0 Å². The summed E-state index contributed by atoms with van der Waals surface area (Å²) in [5.41, 5.74) is 3.08. The molecule has 0 fully saturated rings. The van der Waals surface area contributed by atoms with E-state index >= 15 is 0 Å². The Labute approximate surface area is 195 Å². The van der Waals surface area contributed by atoms with Crippen LogP contribution in [0.15, 0.2) is 77.5 Å². The van der Waals surface area contributed by atoms with Gasteiger partial charge >= 0.3 is 0 Å². The Morgan fingerprint density at radius 3 is 2.66 bits per heavy atom. The largest absolute Gasteiger partial charge is 0.468 e. The van der Waals surface area contributed by atoms with Crippen molar-refractivity contribution < 1.29 is 9.15 Å². The van der Waals surface area contributed by atoms with Crippen molar-refractivity contribution in [2.75, 3.05) is 37.4 Å². The molecule has 0 aliphatic carbocycles. The summed E-state index contributed by atoms with van der Waals surface area (Å²) in [4.78, 5) is 6.58. The van der Waals surface area contributed by atoms with Gasteiger partial charge in [-0.25, -0.2) is 0 Å². The van der Waals surface area contributed by atoms with Gasteiger partial charge in [-0.3, -0.25) is 4.98 Å². The Hall–Kier alpha value is -3.22. The highest BCUT2D eigenvalue weighted by Gasteiger charge is 2.06. The van der Waals surface area contributed by atoms with Gasteiger partial charge in [0.1, 0.15) is 17.3 Å². The highest BCUT2D eigenvalue weighted by molar-refractivity contribution is 5.91. The molecule has 0 saturated carbocycles. The van der Waals surface area contributed by atoms with Crippen molar-refractivity contribution in [1.82, 2.24) is 10.3 Å². The van der Waals surface area contributed by atoms with Gasteiger partial charge in [-0.1, -0.05) is 6.07 Å². The van der Waals surface area contributed by atoms with Gasteiger partial charge in [0.2, 0.25) is 0 Å².